The van der Waals surface area contributed by atoms with E-state index in [-0.39, 0.29) is 23.6 Å². The number of carbonyl (C=O) groups excluding carboxylic acids is 2. The Labute approximate surface area is 102 Å². The summed E-state index contributed by atoms with van der Waals surface area (Å²) < 4.78 is 0. The minimum Gasteiger partial charge on any atom is -0.344 e. The SMILES string of the molecule is C#CC(CCC)NC(=O)C(CS)NC(C)=O. The lowest BCUT2D eigenvalue weighted by atomic mass is 10.1. The summed E-state index contributed by atoms with van der Waals surface area (Å²) in [5.74, 6) is 2.19. The third-order valence-electron chi connectivity index (χ3n) is 1.97. The molecule has 0 aromatic rings. The van der Waals surface area contributed by atoms with Crippen molar-refractivity contribution in [2.75, 3.05) is 5.75 Å². The van der Waals surface area contributed by atoms with Gasteiger partial charge in [-0.1, -0.05) is 19.3 Å². The number of nitrogens with one attached hydrogen (secondary N) is 2. The number of terminal acetylenes is 1. The van der Waals surface area contributed by atoms with E-state index in [0.717, 1.165) is 12.8 Å². The van der Waals surface area contributed by atoms with E-state index in [4.69, 9.17) is 6.42 Å². The fourth-order valence-corrected chi connectivity index (χ4v) is 1.45. The first-order valence-electron chi connectivity index (χ1n) is 5.19. The van der Waals surface area contributed by atoms with Crippen LogP contribution in [0.5, 0.6) is 0 Å². The molecule has 2 atom stereocenters. The molecule has 16 heavy (non-hydrogen) atoms. The van der Waals surface area contributed by atoms with Crippen molar-refractivity contribution in [2.45, 2.75) is 38.8 Å². The smallest absolute Gasteiger partial charge is 0.244 e. The summed E-state index contributed by atoms with van der Waals surface area (Å²) in [6.07, 6.45) is 6.89. The van der Waals surface area contributed by atoms with Gasteiger partial charge in [0.25, 0.3) is 0 Å². The van der Waals surface area contributed by atoms with Crippen molar-refractivity contribution in [1.29, 1.82) is 0 Å². The number of carbonyl (C=O) groups is 2. The highest BCUT2D eigenvalue weighted by atomic mass is 32.1. The van der Waals surface area contributed by atoms with Crippen molar-refractivity contribution in [1.82, 2.24) is 10.6 Å². The monoisotopic (exact) mass is 242 g/mol. The lowest BCUT2D eigenvalue weighted by molar-refractivity contribution is -0.127. The number of thiol groups is 1. The van der Waals surface area contributed by atoms with Crippen molar-refractivity contribution in [3.05, 3.63) is 0 Å². The molecular weight excluding hydrogens is 224 g/mol. The minimum atomic E-state index is -0.631. The van der Waals surface area contributed by atoms with Gasteiger partial charge in [-0.15, -0.1) is 6.42 Å². The fraction of sp³-hybridized carbons (Fsp3) is 0.636. The van der Waals surface area contributed by atoms with E-state index in [0.29, 0.717) is 0 Å². The highest BCUT2D eigenvalue weighted by Gasteiger charge is 2.19. The van der Waals surface area contributed by atoms with Gasteiger partial charge in [0.05, 0.1) is 6.04 Å². The molecule has 0 aliphatic rings. The highest BCUT2D eigenvalue weighted by Crippen LogP contribution is 1.97. The minimum absolute atomic E-state index is 0.245. The Morgan fingerprint density at radius 3 is 2.44 bits per heavy atom. The third-order valence-corrected chi connectivity index (χ3v) is 2.34. The molecule has 0 radical (unpaired) electrons. The molecule has 0 aliphatic heterocycles. The second-order valence-electron chi connectivity index (χ2n) is 3.45. The van der Waals surface area contributed by atoms with Gasteiger partial charge in [-0.25, -0.2) is 0 Å². The van der Waals surface area contributed by atoms with Gasteiger partial charge in [-0.05, 0) is 6.42 Å². The zero-order valence-corrected chi connectivity index (χ0v) is 10.5. The van der Waals surface area contributed by atoms with Gasteiger partial charge in [0.1, 0.15) is 6.04 Å². The fourth-order valence-electron chi connectivity index (χ4n) is 1.20. The zero-order chi connectivity index (χ0) is 12.6. The van der Waals surface area contributed by atoms with Gasteiger partial charge in [-0.3, -0.25) is 9.59 Å². The Bertz CT molecular complexity index is 286. The number of amides is 2. The summed E-state index contributed by atoms with van der Waals surface area (Å²) in [5, 5.41) is 5.19. The molecule has 0 heterocycles. The van der Waals surface area contributed by atoms with Crippen LogP contribution in [0.25, 0.3) is 0 Å². The highest BCUT2D eigenvalue weighted by molar-refractivity contribution is 7.80. The van der Waals surface area contributed by atoms with Crippen LogP contribution >= 0.6 is 12.6 Å². The van der Waals surface area contributed by atoms with E-state index in [9.17, 15) is 9.59 Å². The predicted molar refractivity (Wildman–Crippen MR) is 67.1 cm³/mol. The van der Waals surface area contributed by atoms with Crippen molar-refractivity contribution >= 4 is 24.4 Å². The van der Waals surface area contributed by atoms with Crippen LogP contribution in [-0.4, -0.2) is 29.7 Å². The Morgan fingerprint density at radius 2 is 2.06 bits per heavy atom. The lowest BCUT2D eigenvalue weighted by Crippen LogP contribution is -2.49. The van der Waals surface area contributed by atoms with E-state index in [2.05, 4.69) is 29.2 Å². The van der Waals surface area contributed by atoms with Crippen molar-refractivity contribution in [3.63, 3.8) is 0 Å². The first kappa shape index (κ1) is 14.8. The molecule has 90 valence electrons. The summed E-state index contributed by atoms with van der Waals surface area (Å²) in [5.41, 5.74) is 0. The summed E-state index contributed by atoms with van der Waals surface area (Å²) in [6.45, 7) is 3.34. The molecular formula is C11H18N2O2S. The molecule has 0 aliphatic carbocycles. The average molecular weight is 242 g/mol. The van der Waals surface area contributed by atoms with Crippen LogP contribution in [0.15, 0.2) is 0 Å². The van der Waals surface area contributed by atoms with E-state index >= 15 is 0 Å². The summed E-state index contributed by atoms with van der Waals surface area (Å²) in [6, 6.07) is -0.915. The van der Waals surface area contributed by atoms with Gasteiger partial charge < -0.3 is 10.6 Å². The Kier molecular flexibility index (Phi) is 7.48. The van der Waals surface area contributed by atoms with Crippen LogP contribution in [0.4, 0.5) is 0 Å². The van der Waals surface area contributed by atoms with Crippen LogP contribution in [0.1, 0.15) is 26.7 Å². The molecule has 2 amide bonds. The standard InChI is InChI=1S/C11H18N2O2S/c1-4-6-9(5-2)13-11(15)10(7-16)12-8(3)14/h2,9-10,16H,4,6-7H2,1,3H3,(H,12,14)(H,13,15). The van der Waals surface area contributed by atoms with Crippen LogP contribution in [-0.2, 0) is 9.59 Å². The molecule has 0 rings (SSSR count). The summed E-state index contributed by atoms with van der Waals surface area (Å²) in [7, 11) is 0. The molecule has 0 aromatic carbocycles. The van der Waals surface area contributed by atoms with Crippen molar-refractivity contribution in [3.8, 4) is 12.3 Å². The van der Waals surface area contributed by atoms with Crippen LogP contribution in [0.2, 0.25) is 0 Å². The van der Waals surface area contributed by atoms with E-state index < -0.39 is 6.04 Å². The second kappa shape index (κ2) is 8.05. The molecule has 0 saturated heterocycles. The first-order valence-corrected chi connectivity index (χ1v) is 5.82. The van der Waals surface area contributed by atoms with Crippen LogP contribution in [0, 0.1) is 12.3 Å². The molecule has 2 N–H and O–H groups in total. The van der Waals surface area contributed by atoms with Gasteiger partial charge >= 0.3 is 0 Å². The predicted octanol–water partition coefficient (Wildman–Crippen LogP) is 0.339. The van der Waals surface area contributed by atoms with Crippen molar-refractivity contribution < 1.29 is 9.59 Å². The molecule has 4 nitrogen and oxygen atoms in total. The number of hydrogen-bond acceptors (Lipinski definition) is 3. The molecule has 0 bridgehead atoms. The van der Waals surface area contributed by atoms with E-state index in [1.807, 2.05) is 6.92 Å². The molecule has 5 heteroatoms. The van der Waals surface area contributed by atoms with Gasteiger partial charge in [0, 0.05) is 12.7 Å². The topological polar surface area (TPSA) is 58.2 Å². The molecule has 0 aromatic heterocycles. The first-order chi connectivity index (χ1) is 7.54. The number of rotatable bonds is 6. The van der Waals surface area contributed by atoms with E-state index in [1.165, 1.54) is 6.92 Å². The summed E-state index contributed by atoms with van der Waals surface area (Å²) in [4.78, 5) is 22.5. The average Bonchev–Trinajstić information content (AvgIpc) is 2.24. The normalized spacial score (nSPS) is 13.4. The number of hydrogen-bond donors (Lipinski definition) is 3. The van der Waals surface area contributed by atoms with E-state index in [1.54, 1.807) is 0 Å². The summed E-state index contributed by atoms with van der Waals surface area (Å²) >= 11 is 4.01. The van der Waals surface area contributed by atoms with Gasteiger partial charge in [0.15, 0.2) is 0 Å². The quantitative estimate of drug-likeness (QED) is 0.465. The van der Waals surface area contributed by atoms with Crippen molar-refractivity contribution in [2.24, 2.45) is 0 Å². The Hall–Kier alpha value is -1.15. The second-order valence-corrected chi connectivity index (χ2v) is 3.82. The maximum absolute atomic E-state index is 11.7. The van der Waals surface area contributed by atoms with Gasteiger partial charge in [0.2, 0.25) is 11.8 Å². The molecule has 0 spiro atoms. The lowest BCUT2D eigenvalue weighted by Gasteiger charge is -2.18. The Morgan fingerprint density at radius 1 is 1.44 bits per heavy atom. The maximum atomic E-state index is 11.7. The largest absolute Gasteiger partial charge is 0.344 e. The van der Waals surface area contributed by atoms with Crippen LogP contribution < -0.4 is 10.6 Å². The Balaban J connectivity index is 4.29. The zero-order valence-electron chi connectivity index (χ0n) is 9.62. The maximum Gasteiger partial charge on any atom is 0.244 e. The molecule has 2 unspecified atom stereocenters. The van der Waals surface area contributed by atoms with Crippen LogP contribution in [0.3, 0.4) is 0 Å². The third kappa shape index (κ3) is 5.66. The van der Waals surface area contributed by atoms with Gasteiger partial charge in [-0.2, -0.15) is 12.6 Å². The molecule has 0 saturated carbocycles. The molecule has 0 fully saturated rings.